The van der Waals surface area contributed by atoms with Crippen molar-refractivity contribution in [1.82, 2.24) is 4.67 Å². The molecular formula is C6H12NO3P. The summed E-state index contributed by atoms with van der Waals surface area (Å²) in [6.45, 7) is 0.729. The minimum atomic E-state index is -0.809. The maximum atomic E-state index is 10.5. The fourth-order valence-corrected chi connectivity index (χ4v) is 1.87. The van der Waals surface area contributed by atoms with E-state index >= 15 is 0 Å². The molecule has 0 aromatic carbocycles. The maximum Gasteiger partial charge on any atom is 0.321 e. The van der Waals surface area contributed by atoms with Crippen molar-refractivity contribution in [3.05, 3.63) is 0 Å². The second-order valence-electron chi connectivity index (χ2n) is 2.84. The third-order valence-electron chi connectivity index (χ3n) is 1.97. The van der Waals surface area contributed by atoms with Crippen LogP contribution in [-0.2, 0) is 4.79 Å². The number of nitrogens with zero attached hydrogens (tertiary/aromatic N) is 1. The molecule has 1 fully saturated rings. The first-order valence-corrected chi connectivity index (χ1v) is 4.01. The maximum absolute atomic E-state index is 10.5. The van der Waals surface area contributed by atoms with Gasteiger partial charge in [-0.3, -0.25) is 9.46 Å². The molecule has 1 aliphatic heterocycles. The van der Waals surface area contributed by atoms with E-state index in [1.165, 1.54) is 0 Å². The Morgan fingerprint density at radius 3 is 2.64 bits per heavy atom. The number of aliphatic hydroxyl groups excluding tert-OH is 1. The average Bonchev–Trinajstić information content (AvgIpc) is 2.30. The van der Waals surface area contributed by atoms with Crippen LogP contribution in [0.4, 0.5) is 0 Å². The van der Waals surface area contributed by atoms with Crippen LogP contribution in [0.15, 0.2) is 0 Å². The van der Waals surface area contributed by atoms with Crippen LogP contribution in [0.3, 0.4) is 0 Å². The fourth-order valence-electron chi connectivity index (χ4n) is 1.33. The predicted octanol–water partition coefficient (Wildman–Crippen LogP) is -0.456. The lowest BCUT2D eigenvalue weighted by Crippen LogP contribution is -2.28. The van der Waals surface area contributed by atoms with Crippen molar-refractivity contribution in [3.8, 4) is 0 Å². The van der Waals surface area contributed by atoms with E-state index in [4.69, 9.17) is 10.2 Å². The molecule has 0 amide bonds. The Bertz CT molecular complexity index is 164. The Morgan fingerprint density at radius 2 is 2.36 bits per heavy atom. The number of hydrogen-bond acceptors (Lipinski definition) is 3. The molecule has 4 nitrogen and oxygen atoms in total. The number of carbonyl (C=O) groups is 1. The number of hydrogen-bond donors (Lipinski definition) is 2. The van der Waals surface area contributed by atoms with E-state index in [0.717, 1.165) is 0 Å². The molecule has 3 atom stereocenters. The lowest BCUT2D eigenvalue weighted by atomic mass is 10.1. The standard InChI is InChI=1S/C6H12NO3P/c8-3-4-1-5(6(9)10)7(11)2-4/h4-5,8H,1-3,11H2,(H,9,10). The molecule has 2 N–H and O–H groups in total. The van der Waals surface area contributed by atoms with Gasteiger partial charge in [-0.1, -0.05) is 9.39 Å². The van der Waals surface area contributed by atoms with Crippen molar-refractivity contribution in [1.29, 1.82) is 0 Å². The second kappa shape index (κ2) is 3.48. The van der Waals surface area contributed by atoms with Gasteiger partial charge in [-0.15, -0.1) is 0 Å². The van der Waals surface area contributed by atoms with E-state index in [1.807, 2.05) is 0 Å². The fraction of sp³-hybridized carbons (Fsp3) is 0.833. The molecule has 1 aliphatic rings. The quantitative estimate of drug-likeness (QED) is 0.560. The normalized spacial score (nSPS) is 32.5. The number of aliphatic hydroxyl groups is 1. The number of aliphatic carboxylic acids is 1. The van der Waals surface area contributed by atoms with E-state index in [9.17, 15) is 4.79 Å². The van der Waals surface area contributed by atoms with Crippen LogP contribution >= 0.6 is 9.39 Å². The smallest absolute Gasteiger partial charge is 0.321 e. The minimum Gasteiger partial charge on any atom is -0.480 e. The van der Waals surface area contributed by atoms with Gasteiger partial charge >= 0.3 is 5.97 Å². The lowest BCUT2D eigenvalue weighted by Gasteiger charge is -2.12. The highest BCUT2D eigenvalue weighted by atomic mass is 31.0. The molecule has 5 heteroatoms. The molecule has 3 unspecified atom stereocenters. The largest absolute Gasteiger partial charge is 0.480 e. The molecule has 0 bridgehead atoms. The van der Waals surface area contributed by atoms with Gasteiger partial charge in [-0.05, 0) is 12.3 Å². The Kier molecular flexibility index (Phi) is 2.82. The Hall–Kier alpha value is -0.180. The highest BCUT2D eigenvalue weighted by molar-refractivity contribution is 7.13. The topological polar surface area (TPSA) is 60.8 Å². The van der Waals surface area contributed by atoms with Crippen LogP contribution in [0.1, 0.15) is 6.42 Å². The number of rotatable bonds is 2. The van der Waals surface area contributed by atoms with Gasteiger partial charge in [0.2, 0.25) is 0 Å². The average molecular weight is 177 g/mol. The summed E-state index contributed by atoms with van der Waals surface area (Å²) in [5.41, 5.74) is 0. The summed E-state index contributed by atoms with van der Waals surface area (Å²) in [6, 6.07) is -0.433. The zero-order valence-electron chi connectivity index (χ0n) is 6.10. The Labute approximate surface area is 67.5 Å². The van der Waals surface area contributed by atoms with Crippen LogP contribution in [0.25, 0.3) is 0 Å². The molecule has 0 spiro atoms. The number of carboxylic acid groups (broad SMARTS) is 1. The second-order valence-corrected chi connectivity index (χ2v) is 3.50. The van der Waals surface area contributed by atoms with E-state index < -0.39 is 12.0 Å². The number of carboxylic acids is 1. The monoisotopic (exact) mass is 177 g/mol. The van der Waals surface area contributed by atoms with Crippen molar-refractivity contribution in [3.63, 3.8) is 0 Å². The van der Waals surface area contributed by atoms with Gasteiger partial charge < -0.3 is 10.2 Å². The molecule has 1 saturated heterocycles. The van der Waals surface area contributed by atoms with Crippen molar-refractivity contribution in [2.75, 3.05) is 13.2 Å². The van der Waals surface area contributed by atoms with Gasteiger partial charge in [-0.25, -0.2) is 0 Å². The molecule has 1 heterocycles. The predicted molar refractivity (Wildman–Crippen MR) is 43.0 cm³/mol. The third-order valence-corrected chi connectivity index (χ3v) is 2.54. The van der Waals surface area contributed by atoms with Gasteiger partial charge in [0.15, 0.2) is 0 Å². The van der Waals surface area contributed by atoms with Gasteiger partial charge in [0.25, 0.3) is 0 Å². The summed E-state index contributed by atoms with van der Waals surface area (Å²) in [4.78, 5) is 10.5. The summed E-state index contributed by atoms with van der Waals surface area (Å²) in [5.74, 6) is -0.690. The van der Waals surface area contributed by atoms with Gasteiger partial charge in [-0.2, -0.15) is 0 Å². The van der Waals surface area contributed by atoms with Crippen molar-refractivity contribution >= 4 is 15.4 Å². The minimum absolute atomic E-state index is 0.0781. The summed E-state index contributed by atoms with van der Waals surface area (Å²) in [7, 11) is 2.37. The molecule has 0 radical (unpaired) electrons. The van der Waals surface area contributed by atoms with E-state index in [0.29, 0.717) is 13.0 Å². The molecular weight excluding hydrogens is 165 g/mol. The van der Waals surface area contributed by atoms with E-state index in [2.05, 4.69) is 9.39 Å². The first-order chi connectivity index (χ1) is 5.15. The zero-order valence-corrected chi connectivity index (χ0v) is 7.26. The molecule has 1 rings (SSSR count). The lowest BCUT2D eigenvalue weighted by molar-refractivity contribution is -0.140. The third kappa shape index (κ3) is 1.89. The van der Waals surface area contributed by atoms with Gasteiger partial charge in [0.05, 0.1) is 0 Å². The first kappa shape index (κ1) is 8.91. The molecule has 0 aromatic rings. The van der Waals surface area contributed by atoms with Gasteiger partial charge in [0.1, 0.15) is 6.04 Å². The molecule has 0 aliphatic carbocycles. The summed E-state index contributed by atoms with van der Waals surface area (Å²) < 4.78 is 1.68. The molecule has 64 valence electrons. The SMILES string of the molecule is O=C(O)C1CC(CO)CN1P. The summed E-state index contributed by atoms with van der Waals surface area (Å²) in [6.07, 6.45) is 0.551. The Morgan fingerprint density at radius 1 is 1.73 bits per heavy atom. The van der Waals surface area contributed by atoms with Crippen LogP contribution in [0.5, 0.6) is 0 Å². The van der Waals surface area contributed by atoms with Gasteiger partial charge in [0, 0.05) is 13.2 Å². The van der Waals surface area contributed by atoms with Crippen LogP contribution in [0.2, 0.25) is 0 Å². The Balaban J connectivity index is 2.51. The van der Waals surface area contributed by atoms with Crippen LogP contribution in [-0.4, -0.2) is 40.0 Å². The molecule has 0 aromatic heterocycles. The van der Waals surface area contributed by atoms with Crippen molar-refractivity contribution < 1.29 is 15.0 Å². The zero-order chi connectivity index (χ0) is 8.43. The van der Waals surface area contributed by atoms with Crippen molar-refractivity contribution in [2.45, 2.75) is 12.5 Å². The first-order valence-electron chi connectivity index (χ1n) is 3.50. The van der Waals surface area contributed by atoms with Crippen LogP contribution in [0, 0.1) is 5.92 Å². The summed E-state index contributed by atoms with van der Waals surface area (Å²) in [5, 5.41) is 17.4. The highest BCUT2D eigenvalue weighted by Gasteiger charge is 2.33. The highest BCUT2D eigenvalue weighted by Crippen LogP contribution is 2.25. The van der Waals surface area contributed by atoms with E-state index in [1.54, 1.807) is 4.67 Å². The van der Waals surface area contributed by atoms with E-state index in [-0.39, 0.29) is 12.5 Å². The van der Waals surface area contributed by atoms with Crippen LogP contribution < -0.4 is 0 Å². The summed E-state index contributed by atoms with van der Waals surface area (Å²) >= 11 is 0. The van der Waals surface area contributed by atoms with Crippen molar-refractivity contribution in [2.24, 2.45) is 5.92 Å². The molecule has 11 heavy (non-hydrogen) atoms. The molecule has 0 saturated carbocycles.